The lowest BCUT2D eigenvalue weighted by molar-refractivity contribution is 0.416. The van der Waals surface area contributed by atoms with Crippen molar-refractivity contribution in [2.24, 2.45) is 0 Å². The van der Waals surface area contributed by atoms with Gasteiger partial charge in [0.25, 0.3) is 10.0 Å². The van der Waals surface area contributed by atoms with Gasteiger partial charge < -0.3 is 9.26 Å². The number of nitriles is 1. The fourth-order valence-electron chi connectivity index (χ4n) is 4.16. The van der Waals surface area contributed by atoms with Gasteiger partial charge in [0.05, 0.1) is 29.3 Å². The molecule has 0 aliphatic carbocycles. The number of anilines is 1. The monoisotopic (exact) mass is 530 g/mol. The van der Waals surface area contributed by atoms with Crippen LogP contribution in [0, 0.1) is 18.3 Å². The molecule has 2 aromatic heterocycles. The van der Waals surface area contributed by atoms with Crippen LogP contribution in [0.5, 0.6) is 5.75 Å². The predicted octanol–water partition coefficient (Wildman–Crippen LogP) is 6.20. The minimum absolute atomic E-state index is 0.0523. The number of pyridine rings is 1. The summed E-state index contributed by atoms with van der Waals surface area (Å²) in [5, 5.41) is 15.5. The van der Waals surface area contributed by atoms with Crippen LogP contribution in [0.15, 0.2) is 82.5 Å². The van der Waals surface area contributed by atoms with Crippen molar-refractivity contribution in [2.45, 2.75) is 11.8 Å². The molecule has 0 unspecified atom stereocenters. The largest absolute Gasteiger partial charge is 0.496 e. The number of aryl methyl sites for hydroxylation is 1. The Morgan fingerprint density at radius 3 is 2.59 bits per heavy atom. The normalized spacial score (nSPS) is 11.3. The highest BCUT2D eigenvalue weighted by atomic mass is 35.5. The minimum atomic E-state index is -3.89. The van der Waals surface area contributed by atoms with E-state index in [4.69, 9.17) is 20.9 Å². The lowest BCUT2D eigenvalue weighted by Gasteiger charge is -2.15. The summed E-state index contributed by atoms with van der Waals surface area (Å²) in [5.41, 5.74) is 4.02. The van der Waals surface area contributed by atoms with Crippen molar-refractivity contribution < 1.29 is 17.7 Å². The zero-order valence-electron chi connectivity index (χ0n) is 19.7. The smallest absolute Gasteiger partial charge is 0.263 e. The number of ether oxygens (including phenoxy) is 1. The first-order valence-electron chi connectivity index (χ1n) is 11.0. The third kappa shape index (κ3) is 4.72. The number of hydrogen-bond donors (Lipinski definition) is 1. The first-order valence-corrected chi connectivity index (χ1v) is 12.9. The molecule has 0 aliphatic rings. The van der Waals surface area contributed by atoms with Crippen LogP contribution in [-0.4, -0.2) is 25.7 Å². The van der Waals surface area contributed by atoms with Gasteiger partial charge in [-0.15, -0.1) is 0 Å². The maximum atomic E-state index is 12.8. The molecule has 0 spiro atoms. The summed E-state index contributed by atoms with van der Waals surface area (Å²) in [6.45, 7) is 1.93. The van der Waals surface area contributed by atoms with Crippen LogP contribution in [0.3, 0.4) is 0 Å². The molecule has 0 aliphatic heterocycles. The van der Waals surface area contributed by atoms with E-state index in [2.05, 4.69) is 20.9 Å². The summed E-state index contributed by atoms with van der Waals surface area (Å²) in [7, 11) is -2.35. The SMILES string of the molecule is COc1cc(-c2cc(C)cc(Cl)c2)c(C#N)cc1-c1nccc2cc(S(=O)(=O)Nc3ccon3)ccc12. The van der Waals surface area contributed by atoms with Crippen LogP contribution in [0.4, 0.5) is 5.82 Å². The number of sulfonamides is 1. The summed E-state index contributed by atoms with van der Waals surface area (Å²) in [4.78, 5) is 4.60. The summed E-state index contributed by atoms with van der Waals surface area (Å²) in [5.74, 6) is 0.593. The molecule has 8 nitrogen and oxygen atoms in total. The summed E-state index contributed by atoms with van der Waals surface area (Å²) in [6, 6.07) is 19.2. The van der Waals surface area contributed by atoms with Crippen molar-refractivity contribution in [3.05, 3.63) is 89.3 Å². The summed E-state index contributed by atoms with van der Waals surface area (Å²) < 4.78 is 38.4. The second-order valence-electron chi connectivity index (χ2n) is 8.26. The Morgan fingerprint density at radius 2 is 1.89 bits per heavy atom. The topological polar surface area (TPSA) is 118 Å². The van der Waals surface area contributed by atoms with Gasteiger partial charge in [-0.05, 0) is 65.9 Å². The van der Waals surface area contributed by atoms with Crippen molar-refractivity contribution in [1.29, 1.82) is 5.26 Å². The van der Waals surface area contributed by atoms with Crippen molar-refractivity contribution in [3.8, 4) is 34.2 Å². The average molecular weight is 531 g/mol. The third-order valence-electron chi connectivity index (χ3n) is 5.79. The number of aromatic nitrogens is 2. The molecule has 0 atom stereocenters. The average Bonchev–Trinajstić information content (AvgIpc) is 3.39. The molecule has 0 saturated carbocycles. The van der Waals surface area contributed by atoms with Crippen molar-refractivity contribution in [2.75, 3.05) is 11.8 Å². The molecule has 184 valence electrons. The Labute approximate surface area is 218 Å². The molecule has 5 aromatic rings. The van der Waals surface area contributed by atoms with E-state index < -0.39 is 10.0 Å². The number of hydrogen-bond acceptors (Lipinski definition) is 7. The first kappa shape index (κ1) is 24.3. The van der Waals surface area contributed by atoms with Gasteiger partial charge in [0, 0.05) is 33.8 Å². The predicted molar refractivity (Wildman–Crippen MR) is 141 cm³/mol. The van der Waals surface area contributed by atoms with E-state index in [1.54, 1.807) is 49.7 Å². The van der Waals surface area contributed by atoms with Crippen LogP contribution in [-0.2, 0) is 10.0 Å². The van der Waals surface area contributed by atoms with E-state index in [1.807, 2.05) is 19.1 Å². The van der Waals surface area contributed by atoms with E-state index >= 15 is 0 Å². The van der Waals surface area contributed by atoms with E-state index in [0.29, 0.717) is 43.9 Å². The summed E-state index contributed by atoms with van der Waals surface area (Å²) in [6.07, 6.45) is 2.86. The van der Waals surface area contributed by atoms with Gasteiger partial charge in [0.2, 0.25) is 0 Å². The highest BCUT2D eigenvalue weighted by Gasteiger charge is 2.20. The highest BCUT2D eigenvalue weighted by molar-refractivity contribution is 7.92. The molecule has 0 radical (unpaired) electrons. The first-order chi connectivity index (χ1) is 17.8. The number of fused-ring (bicyclic) bond motifs is 1. The van der Waals surface area contributed by atoms with Gasteiger partial charge in [0.1, 0.15) is 12.0 Å². The fourth-order valence-corrected chi connectivity index (χ4v) is 5.47. The van der Waals surface area contributed by atoms with Crippen LogP contribution in [0.1, 0.15) is 11.1 Å². The molecule has 0 fully saturated rings. The molecule has 0 bridgehead atoms. The molecule has 37 heavy (non-hydrogen) atoms. The van der Waals surface area contributed by atoms with Gasteiger partial charge in [-0.25, -0.2) is 8.42 Å². The molecule has 0 amide bonds. The molecule has 10 heteroatoms. The fraction of sp³-hybridized carbons (Fsp3) is 0.0741. The zero-order valence-corrected chi connectivity index (χ0v) is 21.3. The number of rotatable bonds is 6. The van der Waals surface area contributed by atoms with Gasteiger partial charge in [0.15, 0.2) is 5.82 Å². The molecular weight excluding hydrogens is 512 g/mol. The number of nitrogens with one attached hydrogen (secondary N) is 1. The van der Waals surface area contributed by atoms with E-state index in [1.165, 1.54) is 18.4 Å². The van der Waals surface area contributed by atoms with Crippen LogP contribution >= 0.6 is 11.6 Å². The second-order valence-corrected chi connectivity index (χ2v) is 10.4. The van der Waals surface area contributed by atoms with Gasteiger partial charge in [-0.3, -0.25) is 9.71 Å². The maximum absolute atomic E-state index is 12.8. The number of methoxy groups -OCH3 is 1. The van der Waals surface area contributed by atoms with Gasteiger partial charge in [-0.2, -0.15) is 5.26 Å². The molecular formula is C27H19ClN4O4S. The van der Waals surface area contributed by atoms with Crippen LogP contribution in [0.2, 0.25) is 5.02 Å². The van der Waals surface area contributed by atoms with Gasteiger partial charge >= 0.3 is 0 Å². The van der Waals surface area contributed by atoms with Crippen molar-refractivity contribution in [1.82, 2.24) is 10.1 Å². The number of nitrogens with zero attached hydrogens (tertiary/aromatic N) is 3. The molecule has 2 heterocycles. The Bertz CT molecular complexity index is 1780. The van der Waals surface area contributed by atoms with E-state index in [-0.39, 0.29) is 10.7 Å². The zero-order chi connectivity index (χ0) is 26.2. The molecule has 0 saturated heterocycles. The molecule has 3 aromatic carbocycles. The van der Waals surface area contributed by atoms with Crippen LogP contribution in [0.25, 0.3) is 33.2 Å². The third-order valence-corrected chi connectivity index (χ3v) is 7.36. The molecule has 5 rings (SSSR count). The standard InChI is InChI=1S/C27H19ClN4O4S/c1-16-9-18(11-20(28)10-16)23-14-25(35-2)24(13-19(23)15-29)27-22-4-3-21(12-17(22)5-7-30-27)37(33,34)32-26-6-8-36-31-26/h3-14H,1-2H3,(H,31,32). The lowest BCUT2D eigenvalue weighted by Crippen LogP contribution is -2.13. The highest BCUT2D eigenvalue weighted by Crippen LogP contribution is 2.39. The molecule has 1 N–H and O–H groups in total. The van der Waals surface area contributed by atoms with E-state index in [0.717, 1.165) is 11.1 Å². The quantitative estimate of drug-likeness (QED) is 0.277. The minimum Gasteiger partial charge on any atom is -0.496 e. The van der Waals surface area contributed by atoms with Crippen molar-refractivity contribution in [3.63, 3.8) is 0 Å². The van der Waals surface area contributed by atoms with E-state index in [9.17, 15) is 13.7 Å². The lowest BCUT2D eigenvalue weighted by atomic mass is 9.94. The van der Waals surface area contributed by atoms with Gasteiger partial charge in [-0.1, -0.05) is 28.9 Å². The Morgan fingerprint density at radius 1 is 1.05 bits per heavy atom. The Balaban J connectivity index is 1.63. The maximum Gasteiger partial charge on any atom is 0.263 e. The van der Waals surface area contributed by atoms with Crippen LogP contribution < -0.4 is 9.46 Å². The Kier molecular flexibility index (Phi) is 6.29. The number of halogens is 1. The van der Waals surface area contributed by atoms with Crippen molar-refractivity contribution >= 4 is 38.2 Å². The number of benzene rings is 3. The summed E-state index contributed by atoms with van der Waals surface area (Å²) >= 11 is 6.27. The Hall–Kier alpha value is -4.39. The second kappa shape index (κ2) is 9.58.